The van der Waals surface area contributed by atoms with Crippen molar-refractivity contribution in [2.75, 3.05) is 36.9 Å². The molecule has 2 N–H and O–H groups in total. The second-order valence-corrected chi connectivity index (χ2v) is 4.83. The average molecular weight is 318 g/mol. The van der Waals surface area contributed by atoms with Crippen LogP contribution >= 0.6 is 22.6 Å². The molecule has 3 nitrogen and oxygen atoms in total. The molecular formula is C11H15IN2O. The molecule has 1 aliphatic rings. The van der Waals surface area contributed by atoms with Crippen LogP contribution in [0.4, 0.5) is 11.4 Å². The summed E-state index contributed by atoms with van der Waals surface area (Å²) < 4.78 is 6.66. The van der Waals surface area contributed by atoms with Crippen molar-refractivity contribution in [2.45, 2.75) is 6.42 Å². The molecule has 1 saturated heterocycles. The summed E-state index contributed by atoms with van der Waals surface area (Å²) in [5.41, 5.74) is 7.84. The van der Waals surface area contributed by atoms with Gasteiger partial charge in [-0.15, -0.1) is 0 Å². The normalized spacial score (nSPS) is 17.5. The first-order valence-corrected chi connectivity index (χ1v) is 6.23. The zero-order valence-corrected chi connectivity index (χ0v) is 10.7. The minimum absolute atomic E-state index is 0.820. The van der Waals surface area contributed by atoms with E-state index in [1.54, 1.807) is 0 Å². The first-order chi connectivity index (χ1) is 7.27. The van der Waals surface area contributed by atoms with Gasteiger partial charge in [-0.3, -0.25) is 0 Å². The van der Waals surface area contributed by atoms with Crippen LogP contribution in [0, 0.1) is 3.57 Å². The summed E-state index contributed by atoms with van der Waals surface area (Å²) in [5, 5.41) is 0. The number of anilines is 2. The van der Waals surface area contributed by atoms with E-state index in [2.05, 4.69) is 33.6 Å². The first-order valence-electron chi connectivity index (χ1n) is 5.15. The predicted octanol–water partition coefficient (Wildman–Crippen LogP) is 2.10. The van der Waals surface area contributed by atoms with Crippen LogP contribution in [0.3, 0.4) is 0 Å². The highest BCUT2D eigenvalue weighted by molar-refractivity contribution is 14.1. The van der Waals surface area contributed by atoms with Gasteiger partial charge >= 0.3 is 0 Å². The molecule has 0 saturated carbocycles. The van der Waals surface area contributed by atoms with E-state index >= 15 is 0 Å². The van der Waals surface area contributed by atoms with E-state index in [1.165, 1.54) is 9.26 Å². The van der Waals surface area contributed by atoms with Gasteiger partial charge in [0, 0.05) is 29.0 Å². The lowest BCUT2D eigenvalue weighted by Crippen LogP contribution is -2.26. The molecule has 1 aromatic rings. The van der Waals surface area contributed by atoms with Gasteiger partial charge in [0.25, 0.3) is 0 Å². The van der Waals surface area contributed by atoms with Crippen LogP contribution < -0.4 is 10.6 Å². The van der Waals surface area contributed by atoms with E-state index in [1.807, 2.05) is 12.1 Å². The molecule has 0 amide bonds. The smallest absolute Gasteiger partial charge is 0.0641 e. The molecule has 1 fully saturated rings. The molecule has 0 radical (unpaired) electrons. The standard InChI is InChI=1S/C11H15IN2O/c12-10-8-9(13)2-3-11(10)14-4-1-6-15-7-5-14/h2-3,8H,1,4-7,13H2. The van der Waals surface area contributed by atoms with Gasteiger partial charge < -0.3 is 15.4 Å². The highest BCUT2D eigenvalue weighted by Crippen LogP contribution is 2.25. The summed E-state index contributed by atoms with van der Waals surface area (Å²) >= 11 is 2.34. The third kappa shape index (κ3) is 2.75. The fraction of sp³-hybridized carbons (Fsp3) is 0.455. The molecule has 0 aliphatic carbocycles. The van der Waals surface area contributed by atoms with E-state index in [9.17, 15) is 0 Å². The maximum absolute atomic E-state index is 5.74. The van der Waals surface area contributed by atoms with Gasteiger partial charge in [-0.2, -0.15) is 0 Å². The molecule has 1 aliphatic heterocycles. The summed E-state index contributed by atoms with van der Waals surface area (Å²) in [6.45, 7) is 3.74. The number of ether oxygens (including phenoxy) is 1. The molecule has 1 heterocycles. The van der Waals surface area contributed by atoms with Crippen molar-refractivity contribution in [1.29, 1.82) is 0 Å². The van der Waals surface area contributed by atoms with E-state index in [4.69, 9.17) is 10.5 Å². The summed E-state index contributed by atoms with van der Waals surface area (Å²) in [7, 11) is 0. The maximum atomic E-state index is 5.74. The Labute approximate surface area is 104 Å². The Hall–Kier alpha value is -0.490. The van der Waals surface area contributed by atoms with Crippen molar-refractivity contribution in [3.63, 3.8) is 0 Å². The van der Waals surface area contributed by atoms with Crippen molar-refractivity contribution in [2.24, 2.45) is 0 Å². The summed E-state index contributed by atoms with van der Waals surface area (Å²) in [6.07, 6.45) is 1.10. The molecule has 82 valence electrons. The summed E-state index contributed by atoms with van der Waals surface area (Å²) in [6, 6.07) is 6.08. The third-order valence-electron chi connectivity index (χ3n) is 2.53. The Balaban J connectivity index is 2.19. The van der Waals surface area contributed by atoms with Crippen molar-refractivity contribution in [1.82, 2.24) is 0 Å². The molecule has 4 heteroatoms. The number of rotatable bonds is 1. The van der Waals surface area contributed by atoms with Gasteiger partial charge in [-0.05, 0) is 47.2 Å². The van der Waals surface area contributed by atoms with Crippen LogP contribution in [-0.2, 0) is 4.74 Å². The minimum Gasteiger partial charge on any atom is -0.399 e. The fourth-order valence-electron chi connectivity index (χ4n) is 1.77. The molecule has 0 unspecified atom stereocenters. The number of hydrogen-bond donors (Lipinski definition) is 1. The number of nitrogen functional groups attached to an aromatic ring is 1. The zero-order chi connectivity index (χ0) is 10.7. The van der Waals surface area contributed by atoms with Crippen LogP contribution in [0.25, 0.3) is 0 Å². The molecule has 0 atom stereocenters. The van der Waals surface area contributed by atoms with Crippen molar-refractivity contribution >= 4 is 34.0 Å². The number of nitrogens with two attached hydrogens (primary N) is 1. The monoisotopic (exact) mass is 318 g/mol. The molecule has 0 spiro atoms. The van der Waals surface area contributed by atoms with Crippen LogP contribution in [0.15, 0.2) is 18.2 Å². The number of hydrogen-bond acceptors (Lipinski definition) is 3. The minimum atomic E-state index is 0.820. The predicted molar refractivity (Wildman–Crippen MR) is 71.2 cm³/mol. The van der Waals surface area contributed by atoms with Crippen molar-refractivity contribution < 1.29 is 4.74 Å². The lowest BCUT2D eigenvalue weighted by Gasteiger charge is -2.23. The second kappa shape index (κ2) is 5.03. The Bertz CT molecular complexity index is 335. The van der Waals surface area contributed by atoms with Gasteiger partial charge in [-0.1, -0.05) is 0 Å². The fourth-order valence-corrected chi connectivity index (χ4v) is 2.65. The number of benzene rings is 1. The Kier molecular flexibility index (Phi) is 3.69. The Morgan fingerprint density at radius 3 is 2.93 bits per heavy atom. The number of nitrogens with zero attached hydrogens (tertiary/aromatic N) is 1. The number of halogens is 1. The third-order valence-corrected chi connectivity index (χ3v) is 3.40. The summed E-state index contributed by atoms with van der Waals surface area (Å²) in [4.78, 5) is 2.37. The molecule has 0 aromatic heterocycles. The maximum Gasteiger partial charge on any atom is 0.0641 e. The highest BCUT2D eigenvalue weighted by atomic mass is 127. The largest absolute Gasteiger partial charge is 0.399 e. The van der Waals surface area contributed by atoms with Gasteiger partial charge in [0.05, 0.1) is 12.3 Å². The summed E-state index contributed by atoms with van der Waals surface area (Å²) in [5.74, 6) is 0. The van der Waals surface area contributed by atoms with Gasteiger partial charge in [-0.25, -0.2) is 0 Å². The SMILES string of the molecule is Nc1ccc(N2CCCOCC2)c(I)c1. The highest BCUT2D eigenvalue weighted by Gasteiger charge is 2.12. The first kappa shape index (κ1) is 11.0. The molecule has 2 rings (SSSR count). The van der Waals surface area contributed by atoms with E-state index in [-0.39, 0.29) is 0 Å². The van der Waals surface area contributed by atoms with Crippen molar-refractivity contribution in [3.8, 4) is 0 Å². The van der Waals surface area contributed by atoms with Crippen molar-refractivity contribution in [3.05, 3.63) is 21.8 Å². The van der Waals surface area contributed by atoms with Gasteiger partial charge in [0.15, 0.2) is 0 Å². The average Bonchev–Trinajstić information content (AvgIpc) is 2.46. The molecule has 0 bridgehead atoms. The van der Waals surface area contributed by atoms with Crippen LogP contribution in [0.1, 0.15) is 6.42 Å². The van der Waals surface area contributed by atoms with E-state index < -0.39 is 0 Å². The molecule has 1 aromatic carbocycles. The van der Waals surface area contributed by atoms with E-state index in [0.717, 1.165) is 38.4 Å². The lowest BCUT2D eigenvalue weighted by atomic mass is 10.2. The molecular weight excluding hydrogens is 303 g/mol. The topological polar surface area (TPSA) is 38.5 Å². The van der Waals surface area contributed by atoms with Gasteiger partial charge in [0.1, 0.15) is 0 Å². The Morgan fingerprint density at radius 2 is 2.13 bits per heavy atom. The van der Waals surface area contributed by atoms with Crippen LogP contribution in [0.5, 0.6) is 0 Å². The van der Waals surface area contributed by atoms with Crippen LogP contribution in [0.2, 0.25) is 0 Å². The van der Waals surface area contributed by atoms with E-state index in [0.29, 0.717) is 0 Å². The van der Waals surface area contributed by atoms with Gasteiger partial charge in [0.2, 0.25) is 0 Å². The van der Waals surface area contributed by atoms with Crippen LogP contribution in [-0.4, -0.2) is 26.3 Å². The Morgan fingerprint density at radius 1 is 1.27 bits per heavy atom. The quantitative estimate of drug-likeness (QED) is 0.637. The second-order valence-electron chi connectivity index (χ2n) is 3.66. The zero-order valence-electron chi connectivity index (χ0n) is 8.58. The lowest BCUT2D eigenvalue weighted by molar-refractivity contribution is 0.152. The molecule has 15 heavy (non-hydrogen) atoms.